The van der Waals surface area contributed by atoms with Crippen molar-refractivity contribution in [1.29, 1.82) is 0 Å². The lowest BCUT2D eigenvalue weighted by Gasteiger charge is -2.10. The van der Waals surface area contributed by atoms with Gasteiger partial charge in [0.05, 0.1) is 4.90 Å². The number of hydrogen-bond donors (Lipinski definition) is 1. The van der Waals surface area contributed by atoms with Gasteiger partial charge in [0, 0.05) is 6.07 Å². The minimum Gasteiger partial charge on any atom is -0.263 e. The molecule has 9 heteroatoms. The number of alkyl halides is 3. The lowest BCUT2D eigenvalue weighted by Crippen LogP contribution is -2.16. The molecular weight excluding hydrogens is 331 g/mol. The second-order valence-corrected chi connectivity index (χ2v) is 6.86. The largest absolute Gasteiger partial charge is 0.433 e. The summed E-state index contributed by atoms with van der Waals surface area (Å²) in [6.45, 7) is 0. The fourth-order valence-electron chi connectivity index (χ4n) is 2.48. The van der Waals surface area contributed by atoms with E-state index in [2.05, 4.69) is 14.7 Å². The van der Waals surface area contributed by atoms with Crippen molar-refractivity contribution in [2.24, 2.45) is 0 Å². The number of anilines is 1. The van der Waals surface area contributed by atoms with Crippen molar-refractivity contribution in [3.8, 4) is 0 Å². The number of fused-ring (bicyclic) bond motifs is 1. The predicted molar refractivity (Wildman–Crippen MR) is 76.3 cm³/mol. The molecule has 1 aliphatic carbocycles. The van der Waals surface area contributed by atoms with Gasteiger partial charge < -0.3 is 0 Å². The van der Waals surface area contributed by atoms with Crippen LogP contribution in [0.1, 0.15) is 23.2 Å². The monoisotopic (exact) mass is 343 g/mol. The number of aromatic nitrogens is 2. The van der Waals surface area contributed by atoms with Crippen molar-refractivity contribution in [3.05, 3.63) is 47.4 Å². The number of aryl methyl sites for hydroxylation is 2. The third kappa shape index (κ3) is 3.29. The minimum atomic E-state index is -4.67. The van der Waals surface area contributed by atoms with Gasteiger partial charge in [0.15, 0.2) is 0 Å². The smallest absolute Gasteiger partial charge is 0.263 e. The van der Waals surface area contributed by atoms with Gasteiger partial charge in [-0.15, -0.1) is 0 Å². The van der Waals surface area contributed by atoms with Crippen LogP contribution < -0.4 is 4.72 Å². The lowest BCUT2D eigenvalue weighted by atomic mass is 10.1. The molecule has 1 aliphatic rings. The Balaban J connectivity index is 1.90. The molecule has 5 nitrogen and oxygen atoms in total. The maximum absolute atomic E-state index is 12.6. The Bertz CT molecular complexity index is 851. The number of benzene rings is 1. The van der Waals surface area contributed by atoms with Crippen LogP contribution in [0.15, 0.2) is 35.5 Å². The average molecular weight is 343 g/mol. The van der Waals surface area contributed by atoms with Crippen LogP contribution in [-0.2, 0) is 29.0 Å². The first-order chi connectivity index (χ1) is 10.8. The molecule has 1 aromatic heterocycles. The summed E-state index contributed by atoms with van der Waals surface area (Å²) in [5.41, 5.74) is 0.844. The van der Waals surface area contributed by atoms with E-state index in [0.717, 1.165) is 30.4 Å². The van der Waals surface area contributed by atoms with Gasteiger partial charge in [0.25, 0.3) is 10.0 Å². The van der Waals surface area contributed by atoms with Gasteiger partial charge in [-0.1, -0.05) is 6.07 Å². The van der Waals surface area contributed by atoms with Gasteiger partial charge in [-0.3, -0.25) is 4.72 Å². The zero-order chi connectivity index (χ0) is 16.7. The van der Waals surface area contributed by atoms with Crippen LogP contribution in [0.4, 0.5) is 19.0 Å². The summed E-state index contributed by atoms with van der Waals surface area (Å²) in [4.78, 5) is 6.63. The van der Waals surface area contributed by atoms with Gasteiger partial charge in [-0.2, -0.15) is 13.2 Å². The van der Waals surface area contributed by atoms with Gasteiger partial charge >= 0.3 is 6.18 Å². The van der Waals surface area contributed by atoms with Crippen molar-refractivity contribution in [2.75, 3.05) is 4.72 Å². The normalized spacial score (nSPS) is 14.6. The molecule has 2 aromatic rings. The molecule has 1 N–H and O–H groups in total. The Hall–Kier alpha value is -2.16. The van der Waals surface area contributed by atoms with Gasteiger partial charge in [-0.05, 0) is 42.5 Å². The van der Waals surface area contributed by atoms with E-state index in [4.69, 9.17) is 0 Å². The summed E-state index contributed by atoms with van der Waals surface area (Å²) in [5.74, 6) is -0.423. The second kappa shape index (κ2) is 5.48. The Labute approximate surface area is 130 Å². The van der Waals surface area contributed by atoms with E-state index < -0.39 is 27.7 Å². The van der Waals surface area contributed by atoms with Crippen LogP contribution in [0.3, 0.4) is 0 Å². The summed E-state index contributed by atoms with van der Waals surface area (Å²) >= 11 is 0. The lowest BCUT2D eigenvalue weighted by molar-refractivity contribution is -0.141. The molecule has 0 saturated heterocycles. The molecule has 0 fully saturated rings. The number of nitrogens with one attached hydrogen (secondary N) is 1. The van der Waals surface area contributed by atoms with Gasteiger partial charge in [0.1, 0.15) is 17.8 Å². The van der Waals surface area contributed by atoms with Crippen molar-refractivity contribution in [2.45, 2.75) is 30.3 Å². The molecule has 122 valence electrons. The molecule has 23 heavy (non-hydrogen) atoms. The first-order valence-electron chi connectivity index (χ1n) is 6.79. The zero-order valence-corrected chi connectivity index (χ0v) is 12.6. The van der Waals surface area contributed by atoms with Crippen LogP contribution in [-0.4, -0.2) is 18.4 Å². The van der Waals surface area contributed by atoms with Crippen molar-refractivity contribution in [1.82, 2.24) is 9.97 Å². The Morgan fingerprint density at radius 3 is 2.52 bits per heavy atom. The summed E-state index contributed by atoms with van der Waals surface area (Å²) in [6, 6.07) is 5.29. The molecule has 0 atom stereocenters. The van der Waals surface area contributed by atoms with E-state index in [1.54, 1.807) is 12.1 Å². The highest BCUT2D eigenvalue weighted by molar-refractivity contribution is 7.92. The molecule has 0 amide bonds. The van der Waals surface area contributed by atoms with Crippen LogP contribution in [0, 0.1) is 0 Å². The van der Waals surface area contributed by atoms with Crippen molar-refractivity contribution in [3.63, 3.8) is 0 Å². The summed E-state index contributed by atoms with van der Waals surface area (Å²) < 4.78 is 64.5. The van der Waals surface area contributed by atoms with Gasteiger partial charge in [0.2, 0.25) is 0 Å². The zero-order valence-electron chi connectivity index (χ0n) is 11.8. The van der Waals surface area contributed by atoms with Crippen molar-refractivity contribution < 1.29 is 21.6 Å². The minimum absolute atomic E-state index is 0.00493. The first-order valence-corrected chi connectivity index (χ1v) is 8.28. The van der Waals surface area contributed by atoms with Gasteiger partial charge in [-0.25, -0.2) is 18.4 Å². The van der Waals surface area contributed by atoms with Crippen molar-refractivity contribution >= 4 is 15.8 Å². The highest BCUT2D eigenvalue weighted by Gasteiger charge is 2.33. The molecule has 0 unspecified atom stereocenters. The van der Waals surface area contributed by atoms with Crippen LogP contribution in [0.25, 0.3) is 0 Å². The van der Waals surface area contributed by atoms with E-state index in [1.807, 2.05) is 0 Å². The van der Waals surface area contributed by atoms with Crippen LogP contribution >= 0.6 is 0 Å². The van der Waals surface area contributed by atoms with E-state index in [1.165, 1.54) is 6.07 Å². The molecule has 1 aromatic carbocycles. The van der Waals surface area contributed by atoms with Crippen LogP contribution in [0.2, 0.25) is 0 Å². The molecule has 0 radical (unpaired) electrons. The van der Waals surface area contributed by atoms with E-state index >= 15 is 0 Å². The topological polar surface area (TPSA) is 72.0 Å². The molecule has 1 heterocycles. The fourth-order valence-corrected chi connectivity index (χ4v) is 3.53. The highest BCUT2D eigenvalue weighted by Crippen LogP contribution is 2.29. The summed E-state index contributed by atoms with van der Waals surface area (Å²) in [6.07, 6.45) is -1.33. The quantitative estimate of drug-likeness (QED) is 0.930. The highest BCUT2D eigenvalue weighted by atomic mass is 32.2. The van der Waals surface area contributed by atoms with E-state index in [0.29, 0.717) is 12.4 Å². The third-order valence-corrected chi connectivity index (χ3v) is 4.93. The average Bonchev–Trinajstić information content (AvgIpc) is 2.93. The number of nitrogens with zero attached hydrogens (tertiary/aromatic N) is 2. The van der Waals surface area contributed by atoms with Crippen LogP contribution in [0.5, 0.6) is 0 Å². The SMILES string of the molecule is O=S(=O)(Nc1cc(C(F)(F)F)ncn1)c1ccc2c(c1)CCC2. The maximum atomic E-state index is 12.6. The molecular formula is C14H12F3N3O2S. The molecule has 0 spiro atoms. The predicted octanol–water partition coefficient (Wildman–Crippen LogP) is 2.78. The fraction of sp³-hybridized carbons (Fsp3) is 0.286. The Morgan fingerprint density at radius 2 is 1.78 bits per heavy atom. The number of sulfonamides is 1. The number of hydrogen-bond acceptors (Lipinski definition) is 4. The van der Waals surface area contributed by atoms with E-state index in [-0.39, 0.29) is 4.90 Å². The maximum Gasteiger partial charge on any atom is 0.433 e. The third-order valence-electron chi connectivity index (χ3n) is 3.58. The standard InChI is InChI=1S/C14H12F3N3O2S/c15-14(16,17)12-7-13(19-8-18-12)20-23(21,22)11-5-4-9-2-1-3-10(9)6-11/h4-8H,1-3H2,(H,18,19,20). The summed E-state index contributed by atoms with van der Waals surface area (Å²) in [7, 11) is -4.00. The van der Waals surface area contributed by atoms with E-state index in [9.17, 15) is 21.6 Å². The summed E-state index contributed by atoms with van der Waals surface area (Å²) in [5, 5.41) is 0. The molecule has 3 rings (SSSR count). The Kier molecular flexibility index (Phi) is 3.75. The first kappa shape index (κ1) is 15.7. The number of rotatable bonds is 3. The second-order valence-electron chi connectivity index (χ2n) is 5.18. The Morgan fingerprint density at radius 1 is 1.04 bits per heavy atom. The number of halogens is 3. The molecule has 0 saturated carbocycles. The molecule has 0 aliphatic heterocycles. The molecule has 0 bridgehead atoms.